The summed E-state index contributed by atoms with van der Waals surface area (Å²) >= 11 is 4.75. The van der Waals surface area contributed by atoms with Crippen molar-refractivity contribution in [2.75, 3.05) is 6.61 Å². The number of aliphatic hydroxyl groups excluding tert-OH is 1. The molecule has 0 aliphatic heterocycles. The third-order valence-corrected chi connectivity index (χ3v) is 0.566. The van der Waals surface area contributed by atoms with Gasteiger partial charge in [0.05, 0.1) is 0 Å². The molecule has 0 spiro atoms. The van der Waals surface area contributed by atoms with Crippen molar-refractivity contribution in [2.24, 2.45) is 0 Å². The van der Waals surface area contributed by atoms with Gasteiger partial charge in [-0.05, 0) is 0 Å². The summed E-state index contributed by atoms with van der Waals surface area (Å²) in [5, 5.41) is 7.91. The minimum absolute atomic E-state index is 0.0293. The second-order valence-corrected chi connectivity index (χ2v) is 1.38. The van der Waals surface area contributed by atoms with Crippen LogP contribution in [0.4, 0.5) is 4.39 Å². The van der Waals surface area contributed by atoms with E-state index in [9.17, 15) is 4.39 Å². The maximum atomic E-state index is 11.3. The summed E-state index contributed by atoms with van der Waals surface area (Å²) in [5.74, 6) is 0. The highest BCUT2D eigenvalue weighted by atomic mass is 35.5. The van der Waals surface area contributed by atoms with Crippen molar-refractivity contribution < 1.29 is 9.50 Å². The van der Waals surface area contributed by atoms with Gasteiger partial charge >= 0.3 is 0 Å². The lowest BCUT2D eigenvalue weighted by Gasteiger charge is -1.88. The second kappa shape index (κ2) is 3.37. The molecular weight excluding hydrogens is 106 g/mol. The Bertz CT molecular complexity index is 32.0. The van der Waals surface area contributed by atoms with Crippen LogP contribution in [0.25, 0.3) is 0 Å². The van der Waals surface area contributed by atoms with Crippen molar-refractivity contribution in [1.82, 2.24) is 0 Å². The summed E-state index contributed by atoms with van der Waals surface area (Å²) in [7, 11) is 0. The van der Waals surface area contributed by atoms with Crippen molar-refractivity contribution in [3.63, 3.8) is 0 Å². The first-order valence-corrected chi connectivity index (χ1v) is 2.10. The smallest absolute Gasteiger partial charge is 0.175 e. The molecule has 0 saturated carbocycles. The van der Waals surface area contributed by atoms with Crippen LogP contribution in [0.1, 0.15) is 6.42 Å². The maximum absolute atomic E-state index is 11.3. The Morgan fingerprint density at radius 3 is 2.33 bits per heavy atom. The van der Waals surface area contributed by atoms with Crippen LogP contribution in [0.5, 0.6) is 0 Å². The largest absolute Gasteiger partial charge is 0.396 e. The highest BCUT2D eigenvalue weighted by Gasteiger charge is 1.94. The van der Waals surface area contributed by atoms with Crippen molar-refractivity contribution in [3.05, 3.63) is 0 Å². The molecule has 0 amide bonds. The number of hydrogen-bond donors (Lipinski definition) is 1. The van der Waals surface area contributed by atoms with E-state index in [0.29, 0.717) is 0 Å². The first kappa shape index (κ1) is 6.18. The molecule has 0 fully saturated rings. The van der Waals surface area contributed by atoms with Gasteiger partial charge < -0.3 is 5.11 Å². The van der Waals surface area contributed by atoms with E-state index in [-0.39, 0.29) is 13.0 Å². The fraction of sp³-hybridized carbons (Fsp3) is 1.00. The van der Waals surface area contributed by atoms with Gasteiger partial charge in [0.25, 0.3) is 0 Å². The van der Waals surface area contributed by atoms with Crippen molar-refractivity contribution in [1.29, 1.82) is 0 Å². The Morgan fingerprint density at radius 2 is 2.33 bits per heavy atom. The summed E-state index contributed by atoms with van der Waals surface area (Å²) in [6.07, 6.45) is 0.0293. The van der Waals surface area contributed by atoms with Crippen molar-refractivity contribution >= 4 is 11.6 Å². The average molecular weight is 113 g/mol. The van der Waals surface area contributed by atoms with Gasteiger partial charge in [-0.25, -0.2) is 4.39 Å². The Morgan fingerprint density at radius 1 is 1.83 bits per heavy atom. The highest BCUT2D eigenvalue weighted by Crippen LogP contribution is 1.99. The molecule has 1 atom stereocenters. The molecule has 1 N–H and O–H groups in total. The minimum atomic E-state index is -1.38. The van der Waals surface area contributed by atoms with E-state index in [1.807, 2.05) is 0 Å². The molecule has 6 heavy (non-hydrogen) atoms. The molecular formula is C3H6ClFO. The van der Waals surface area contributed by atoms with Crippen LogP contribution in [0.3, 0.4) is 0 Å². The lowest BCUT2D eigenvalue weighted by Crippen LogP contribution is -1.91. The average Bonchev–Trinajstić information content (AvgIpc) is 1.35. The number of hydrogen-bond acceptors (Lipinski definition) is 1. The van der Waals surface area contributed by atoms with Gasteiger partial charge in [-0.1, -0.05) is 11.6 Å². The molecule has 0 aliphatic carbocycles. The summed E-state index contributed by atoms with van der Waals surface area (Å²) in [5.41, 5.74) is -1.38. The molecule has 1 unspecified atom stereocenters. The molecule has 1 nitrogen and oxygen atoms in total. The van der Waals surface area contributed by atoms with Crippen LogP contribution in [0.2, 0.25) is 0 Å². The van der Waals surface area contributed by atoms with Crippen LogP contribution in [0.15, 0.2) is 0 Å². The molecule has 0 bridgehead atoms. The summed E-state index contributed by atoms with van der Waals surface area (Å²) in [6, 6.07) is 0. The van der Waals surface area contributed by atoms with E-state index in [1.165, 1.54) is 0 Å². The number of aliphatic hydroxyl groups is 1. The third-order valence-electron chi connectivity index (χ3n) is 0.347. The van der Waals surface area contributed by atoms with Gasteiger partial charge in [0.2, 0.25) is 0 Å². The van der Waals surface area contributed by atoms with Crippen LogP contribution in [0, 0.1) is 0 Å². The molecule has 0 rings (SSSR count). The van der Waals surface area contributed by atoms with E-state index in [2.05, 4.69) is 0 Å². The lowest BCUT2D eigenvalue weighted by atomic mass is 10.5. The first-order chi connectivity index (χ1) is 2.77. The Hall–Kier alpha value is 0.180. The predicted octanol–water partition coefficient (Wildman–Crippen LogP) is 0.903. The number of alkyl halides is 2. The SMILES string of the molecule is OCCC(F)Cl. The van der Waals surface area contributed by atoms with E-state index in [4.69, 9.17) is 16.7 Å². The molecule has 0 aromatic rings. The summed E-state index contributed by atoms with van der Waals surface area (Å²) < 4.78 is 11.3. The first-order valence-electron chi connectivity index (χ1n) is 1.66. The zero-order valence-corrected chi connectivity index (χ0v) is 3.95. The molecule has 0 aliphatic rings. The molecule has 0 saturated heterocycles. The quantitative estimate of drug-likeness (QED) is 0.527. The Labute approximate surface area is 40.7 Å². The zero-order valence-electron chi connectivity index (χ0n) is 3.19. The van der Waals surface area contributed by atoms with Crippen LogP contribution < -0.4 is 0 Å². The fourth-order valence-electron chi connectivity index (χ4n) is 0.0976. The van der Waals surface area contributed by atoms with E-state index in [1.54, 1.807) is 0 Å². The third kappa shape index (κ3) is 4.18. The number of rotatable bonds is 2. The topological polar surface area (TPSA) is 20.2 Å². The Balaban J connectivity index is 2.63. The van der Waals surface area contributed by atoms with Gasteiger partial charge in [0, 0.05) is 13.0 Å². The minimum Gasteiger partial charge on any atom is -0.396 e. The van der Waals surface area contributed by atoms with Crippen LogP contribution >= 0.6 is 11.6 Å². The van der Waals surface area contributed by atoms with Gasteiger partial charge in [-0.15, -0.1) is 0 Å². The van der Waals surface area contributed by atoms with Crippen LogP contribution in [-0.4, -0.2) is 17.3 Å². The molecule has 0 radical (unpaired) electrons. The monoisotopic (exact) mass is 112 g/mol. The summed E-state index contributed by atoms with van der Waals surface area (Å²) in [4.78, 5) is 0. The highest BCUT2D eigenvalue weighted by molar-refractivity contribution is 6.19. The molecule has 0 heterocycles. The van der Waals surface area contributed by atoms with Crippen molar-refractivity contribution in [3.8, 4) is 0 Å². The zero-order chi connectivity index (χ0) is 4.99. The number of halogens is 2. The molecule has 3 heteroatoms. The lowest BCUT2D eigenvalue weighted by molar-refractivity contribution is 0.257. The van der Waals surface area contributed by atoms with Crippen LogP contribution in [-0.2, 0) is 0 Å². The second-order valence-electron chi connectivity index (χ2n) is 0.903. The van der Waals surface area contributed by atoms with Gasteiger partial charge in [-0.3, -0.25) is 0 Å². The van der Waals surface area contributed by atoms with Gasteiger partial charge in [0.15, 0.2) is 5.63 Å². The van der Waals surface area contributed by atoms with E-state index < -0.39 is 5.63 Å². The predicted molar refractivity (Wildman–Crippen MR) is 22.5 cm³/mol. The van der Waals surface area contributed by atoms with Gasteiger partial charge in [0.1, 0.15) is 0 Å². The van der Waals surface area contributed by atoms with E-state index in [0.717, 1.165) is 0 Å². The maximum Gasteiger partial charge on any atom is 0.175 e. The molecule has 0 aromatic carbocycles. The standard InChI is InChI=1S/C3H6ClFO/c4-3(5)1-2-6/h3,6H,1-2H2. The van der Waals surface area contributed by atoms with Gasteiger partial charge in [-0.2, -0.15) is 0 Å². The normalized spacial score (nSPS) is 14.5. The van der Waals surface area contributed by atoms with Crippen molar-refractivity contribution in [2.45, 2.75) is 12.1 Å². The summed E-state index contributed by atoms with van der Waals surface area (Å²) in [6.45, 7) is -0.176. The molecule has 0 aromatic heterocycles. The molecule has 38 valence electrons. The Kier molecular flexibility index (Phi) is 3.47. The fourth-order valence-corrected chi connectivity index (χ4v) is 0.195. The van der Waals surface area contributed by atoms with E-state index >= 15 is 0 Å².